The molecule has 1 aromatic carbocycles. The van der Waals surface area contributed by atoms with Gasteiger partial charge in [-0.05, 0) is 25.0 Å². The molecule has 2 N–H and O–H groups in total. The molecule has 0 aliphatic carbocycles. The zero-order valence-corrected chi connectivity index (χ0v) is 17.7. The lowest BCUT2D eigenvalue weighted by Gasteiger charge is -2.20. The van der Waals surface area contributed by atoms with Crippen molar-refractivity contribution in [2.24, 2.45) is 4.99 Å². The molecule has 27 heavy (non-hydrogen) atoms. The first kappa shape index (κ1) is 21.4. The average molecular weight is 409 g/mol. The van der Waals surface area contributed by atoms with E-state index in [1.54, 1.807) is 42.6 Å². The quantitative estimate of drug-likeness (QED) is 0.492. The molecule has 0 aliphatic heterocycles. The van der Waals surface area contributed by atoms with Gasteiger partial charge in [-0.1, -0.05) is 32.0 Å². The molecule has 0 saturated carbocycles. The van der Waals surface area contributed by atoms with Gasteiger partial charge in [-0.15, -0.1) is 11.3 Å². The van der Waals surface area contributed by atoms with E-state index in [4.69, 9.17) is 0 Å². The summed E-state index contributed by atoms with van der Waals surface area (Å²) in [5, 5.41) is 7.56. The number of hydrogen-bond acceptors (Lipinski definition) is 5. The van der Waals surface area contributed by atoms with Crippen LogP contribution in [-0.4, -0.2) is 44.7 Å². The van der Waals surface area contributed by atoms with Crippen LogP contribution in [0, 0.1) is 0 Å². The largest absolute Gasteiger partial charge is 0.356 e. The standard InChI is InChI=1S/C19H28N4O2S2/c1-4-15(14-27(24,25)17-9-7-6-8-10-17)23-19(20-3)21-12-11-18-22-13-16(5-2)26-18/h6-10,13,15H,4-5,11-12,14H2,1-3H3,(H2,20,21,23). The molecule has 1 atom stereocenters. The Kier molecular flexibility index (Phi) is 8.24. The Hall–Kier alpha value is -1.93. The molecule has 6 nitrogen and oxygen atoms in total. The maximum atomic E-state index is 12.6. The predicted octanol–water partition coefficient (Wildman–Crippen LogP) is 2.67. The Morgan fingerprint density at radius 1 is 1.26 bits per heavy atom. The van der Waals surface area contributed by atoms with E-state index < -0.39 is 9.84 Å². The summed E-state index contributed by atoms with van der Waals surface area (Å²) < 4.78 is 25.2. The number of guanidine groups is 1. The molecule has 1 aromatic heterocycles. The van der Waals surface area contributed by atoms with Crippen molar-refractivity contribution in [1.82, 2.24) is 15.6 Å². The Morgan fingerprint density at radius 3 is 2.59 bits per heavy atom. The summed E-state index contributed by atoms with van der Waals surface area (Å²) in [7, 11) is -1.66. The Balaban J connectivity index is 1.89. The number of nitrogens with zero attached hydrogens (tertiary/aromatic N) is 2. The number of thiazole rings is 1. The summed E-state index contributed by atoms with van der Waals surface area (Å²) in [5.74, 6) is 0.637. The SMILES string of the molecule is CCc1cnc(CCNC(=NC)NC(CC)CS(=O)(=O)c2ccccc2)s1. The molecule has 1 heterocycles. The maximum Gasteiger partial charge on any atom is 0.191 e. The number of rotatable bonds is 9. The van der Waals surface area contributed by atoms with Crippen LogP contribution in [0.15, 0.2) is 46.4 Å². The lowest BCUT2D eigenvalue weighted by molar-refractivity contribution is 0.569. The molecule has 0 radical (unpaired) electrons. The van der Waals surface area contributed by atoms with Gasteiger partial charge in [0.15, 0.2) is 15.8 Å². The minimum Gasteiger partial charge on any atom is -0.356 e. The van der Waals surface area contributed by atoms with Gasteiger partial charge in [0.1, 0.15) is 0 Å². The summed E-state index contributed by atoms with van der Waals surface area (Å²) in [4.78, 5) is 10.3. The van der Waals surface area contributed by atoms with E-state index in [9.17, 15) is 8.42 Å². The van der Waals surface area contributed by atoms with Crippen molar-refractivity contribution in [3.8, 4) is 0 Å². The maximum absolute atomic E-state index is 12.6. The van der Waals surface area contributed by atoms with Crippen LogP contribution in [0.25, 0.3) is 0 Å². The van der Waals surface area contributed by atoms with Gasteiger partial charge in [0.2, 0.25) is 0 Å². The zero-order chi connectivity index (χ0) is 19.7. The minimum absolute atomic E-state index is 0.0283. The number of hydrogen-bond donors (Lipinski definition) is 2. The van der Waals surface area contributed by atoms with Crippen molar-refractivity contribution in [3.05, 3.63) is 46.4 Å². The highest BCUT2D eigenvalue weighted by Crippen LogP contribution is 2.14. The molecule has 0 bridgehead atoms. The summed E-state index contributed by atoms with van der Waals surface area (Å²) in [6, 6.07) is 8.34. The van der Waals surface area contributed by atoms with Gasteiger partial charge in [0, 0.05) is 37.1 Å². The second-order valence-corrected chi connectivity index (χ2v) is 9.40. The van der Waals surface area contributed by atoms with Gasteiger partial charge >= 0.3 is 0 Å². The summed E-state index contributed by atoms with van der Waals surface area (Å²) in [5.41, 5.74) is 0. The molecule has 0 spiro atoms. The Bertz CT molecular complexity index is 832. The van der Waals surface area contributed by atoms with E-state index in [1.165, 1.54) is 4.88 Å². The Morgan fingerprint density at radius 2 is 2.00 bits per heavy atom. The van der Waals surface area contributed by atoms with Crippen LogP contribution in [-0.2, 0) is 22.7 Å². The van der Waals surface area contributed by atoms with Gasteiger partial charge in [-0.2, -0.15) is 0 Å². The minimum atomic E-state index is -3.34. The van der Waals surface area contributed by atoms with Crippen LogP contribution in [0.3, 0.4) is 0 Å². The highest BCUT2D eigenvalue weighted by molar-refractivity contribution is 7.91. The van der Waals surface area contributed by atoms with Crippen LogP contribution >= 0.6 is 11.3 Å². The molecule has 2 rings (SSSR count). The number of sulfone groups is 1. The number of benzene rings is 1. The Labute approximate surface area is 166 Å². The fourth-order valence-corrected chi connectivity index (χ4v) is 5.03. The van der Waals surface area contributed by atoms with Crippen molar-refractivity contribution in [2.75, 3.05) is 19.3 Å². The number of aromatic nitrogens is 1. The van der Waals surface area contributed by atoms with E-state index >= 15 is 0 Å². The van der Waals surface area contributed by atoms with Gasteiger partial charge in [-0.25, -0.2) is 13.4 Å². The highest BCUT2D eigenvalue weighted by Gasteiger charge is 2.20. The summed E-state index contributed by atoms with van der Waals surface area (Å²) in [6.45, 7) is 4.78. The van der Waals surface area contributed by atoms with Crippen LogP contribution in [0.2, 0.25) is 0 Å². The molecule has 0 aliphatic rings. The molecular weight excluding hydrogens is 380 g/mol. The average Bonchev–Trinajstić information content (AvgIpc) is 3.15. The molecule has 1 unspecified atom stereocenters. The summed E-state index contributed by atoms with van der Waals surface area (Å²) in [6.07, 6.45) is 4.42. The van der Waals surface area contributed by atoms with E-state index in [2.05, 4.69) is 27.5 Å². The molecule has 0 fully saturated rings. The molecule has 8 heteroatoms. The van der Waals surface area contributed by atoms with Gasteiger partial charge < -0.3 is 10.6 Å². The molecule has 2 aromatic rings. The third-order valence-electron chi connectivity index (χ3n) is 4.16. The van der Waals surface area contributed by atoms with E-state index in [1.807, 2.05) is 19.2 Å². The van der Waals surface area contributed by atoms with Gasteiger partial charge in [0.25, 0.3) is 0 Å². The lowest BCUT2D eigenvalue weighted by Crippen LogP contribution is -2.46. The van der Waals surface area contributed by atoms with Crippen molar-refractivity contribution < 1.29 is 8.42 Å². The lowest BCUT2D eigenvalue weighted by atomic mass is 10.2. The van der Waals surface area contributed by atoms with E-state index in [0.717, 1.165) is 17.8 Å². The monoisotopic (exact) mass is 408 g/mol. The smallest absolute Gasteiger partial charge is 0.191 e. The molecule has 0 saturated heterocycles. The van der Waals surface area contributed by atoms with Crippen molar-refractivity contribution in [1.29, 1.82) is 0 Å². The molecular formula is C19H28N4O2S2. The van der Waals surface area contributed by atoms with E-state index in [-0.39, 0.29) is 11.8 Å². The van der Waals surface area contributed by atoms with Crippen molar-refractivity contribution >= 4 is 27.1 Å². The highest BCUT2D eigenvalue weighted by atomic mass is 32.2. The molecule has 0 amide bonds. The predicted molar refractivity (Wildman–Crippen MR) is 112 cm³/mol. The van der Waals surface area contributed by atoms with E-state index in [0.29, 0.717) is 23.8 Å². The topological polar surface area (TPSA) is 83.4 Å². The first-order valence-electron chi connectivity index (χ1n) is 9.17. The van der Waals surface area contributed by atoms with Crippen LogP contribution in [0.1, 0.15) is 30.2 Å². The van der Waals surface area contributed by atoms with Crippen LogP contribution < -0.4 is 10.6 Å². The second kappa shape index (κ2) is 10.4. The van der Waals surface area contributed by atoms with Crippen LogP contribution in [0.5, 0.6) is 0 Å². The zero-order valence-electron chi connectivity index (χ0n) is 16.1. The second-order valence-electron chi connectivity index (χ2n) is 6.17. The number of aryl methyl sites for hydroxylation is 1. The fraction of sp³-hybridized carbons (Fsp3) is 0.474. The van der Waals surface area contributed by atoms with Crippen LogP contribution in [0.4, 0.5) is 0 Å². The fourth-order valence-electron chi connectivity index (χ4n) is 2.55. The number of aliphatic imine (C=N–C) groups is 1. The number of nitrogens with one attached hydrogen (secondary N) is 2. The van der Waals surface area contributed by atoms with Gasteiger partial charge in [0.05, 0.1) is 15.7 Å². The first-order valence-corrected chi connectivity index (χ1v) is 11.6. The summed E-state index contributed by atoms with van der Waals surface area (Å²) >= 11 is 1.73. The van der Waals surface area contributed by atoms with Crippen molar-refractivity contribution in [3.63, 3.8) is 0 Å². The third kappa shape index (κ3) is 6.62. The third-order valence-corrected chi connectivity index (χ3v) is 7.19. The van der Waals surface area contributed by atoms with Crippen molar-refractivity contribution in [2.45, 2.75) is 44.0 Å². The first-order chi connectivity index (χ1) is 13.0. The van der Waals surface area contributed by atoms with Gasteiger partial charge in [-0.3, -0.25) is 4.99 Å². The molecule has 148 valence electrons. The normalized spacial score (nSPS) is 13.4.